The van der Waals surface area contributed by atoms with Crippen molar-refractivity contribution in [1.29, 1.82) is 0 Å². The Morgan fingerprint density at radius 1 is 0.976 bits per heavy atom. The number of nitrogens with one attached hydrogen (secondary N) is 1. The molecule has 3 aromatic rings. The SMILES string of the molecule is CN(CC(=O)Nc1nc2ccc(OC(F)(F)F)cc2s1)C(=O)CN(C(=O)OCc1ccccc1)C(C)(C)C(F)(F)F. The predicted molar refractivity (Wildman–Crippen MR) is 136 cm³/mol. The van der Waals surface area contributed by atoms with Crippen molar-refractivity contribution >= 4 is 44.6 Å². The van der Waals surface area contributed by atoms with Crippen molar-refractivity contribution in [3.63, 3.8) is 0 Å². The highest BCUT2D eigenvalue weighted by Crippen LogP contribution is 2.36. The molecule has 2 aromatic carbocycles. The summed E-state index contributed by atoms with van der Waals surface area (Å²) >= 11 is 0.837. The standard InChI is InChI=1S/C25H24F6N4O5S/c1-23(2,24(26,27)28)35(22(38)39-14-15-7-5-4-6-8-15)13-20(37)34(3)12-19(36)33-21-32-17-10-9-16(11-18(17)41-21)40-25(29,30)31/h4-11H,12-14H2,1-3H3,(H,32,33,36). The molecule has 0 aliphatic carbocycles. The molecule has 0 spiro atoms. The van der Waals surface area contributed by atoms with Crippen LogP contribution in [0.4, 0.5) is 36.3 Å². The van der Waals surface area contributed by atoms with Crippen LogP contribution in [0.15, 0.2) is 48.5 Å². The first-order valence-corrected chi connectivity index (χ1v) is 12.5. The Kier molecular flexibility index (Phi) is 9.36. The Labute approximate surface area is 233 Å². The molecule has 222 valence electrons. The van der Waals surface area contributed by atoms with E-state index >= 15 is 0 Å². The van der Waals surface area contributed by atoms with Gasteiger partial charge in [-0.25, -0.2) is 9.78 Å². The van der Waals surface area contributed by atoms with Crippen LogP contribution in [0.5, 0.6) is 5.75 Å². The van der Waals surface area contributed by atoms with E-state index in [9.17, 15) is 40.7 Å². The summed E-state index contributed by atoms with van der Waals surface area (Å²) in [5, 5.41) is 2.38. The smallest absolute Gasteiger partial charge is 0.445 e. The Balaban J connectivity index is 1.65. The quantitative estimate of drug-likeness (QED) is 0.320. The van der Waals surface area contributed by atoms with E-state index in [0.29, 0.717) is 5.56 Å². The number of aromatic nitrogens is 1. The maximum atomic E-state index is 13.8. The lowest BCUT2D eigenvalue weighted by molar-refractivity contribution is -0.274. The summed E-state index contributed by atoms with van der Waals surface area (Å²) in [7, 11) is 1.15. The fourth-order valence-corrected chi connectivity index (χ4v) is 4.23. The van der Waals surface area contributed by atoms with Gasteiger partial charge in [0.25, 0.3) is 0 Å². The minimum atomic E-state index is -4.92. The molecule has 0 fully saturated rings. The van der Waals surface area contributed by atoms with E-state index in [1.807, 2.05) is 0 Å². The molecule has 0 atom stereocenters. The van der Waals surface area contributed by atoms with E-state index in [0.717, 1.165) is 49.3 Å². The number of fused-ring (bicyclic) bond motifs is 1. The molecule has 0 aliphatic heterocycles. The lowest BCUT2D eigenvalue weighted by Crippen LogP contribution is -2.59. The number of rotatable bonds is 9. The molecular formula is C25H24F6N4O5S. The first-order valence-electron chi connectivity index (χ1n) is 11.7. The van der Waals surface area contributed by atoms with Crippen molar-refractivity contribution in [2.75, 3.05) is 25.5 Å². The van der Waals surface area contributed by atoms with Gasteiger partial charge < -0.3 is 19.7 Å². The van der Waals surface area contributed by atoms with Crippen molar-refractivity contribution in [2.45, 2.75) is 38.5 Å². The predicted octanol–water partition coefficient (Wildman–Crippen LogP) is 5.57. The highest BCUT2D eigenvalue weighted by atomic mass is 32.1. The highest BCUT2D eigenvalue weighted by molar-refractivity contribution is 7.22. The van der Waals surface area contributed by atoms with Crippen LogP contribution in [0.3, 0.4) is 0 Å². The molecule has 3 amide bonds. The molecule has 1 aromatic heterocycles. The van der Waals surface area contributed by atoms with E-state index < -0.39 is 54.8 Å². The van der Waals surface area contributed by atoms with Crippen LogP contribution in [-0.4, -0.2) is 70.9 Å². The summed E-state index contributed by atoms with van der Waals surface area (Å²) in [5.41, 5.74) is -2.01. The van der Waals surface area contributed by atoms with Gasteiger partial charge >= 0.3 is 18.6 Å². The van der Waals surface area contributed by atoms with E-state index in [4.69, 9.17) is 4.74 Å². The van der Waals surface area contributed by atoms with Crippen molar-refractivity contribution in [2.24, 2.45) is 0 Å². The third kappa shape index (κ3) is 8.45. The lowest BCUT2D eigenvalue weighted by atomic mass is 10.0. The minimum Gasteiger partial charge on any atom is -0.445 e. The normalized spacial score (nSPS) is 12.1. The number of ether oxygens (including phenoxy) is 2. The number of amides is 3. The van der Waals surface area contributed by atoms with Crippen LogP contribution in [0.1, 0.15) is 19.4 Å². The van der Waals surface area contributed by atoms with Gasteiger partial charge in [0.1, 0.15) is 24.4 Å². The molecule has 0 unspecified atom stereocenters. The number of anilines is 1. The first-order chi connectivity index (χ1) is 19.0. The Hall–Kier alpha value is -4.08. The van der Waals surface area contributed by atoms with Gasteiger partial charge in [0.2, 0.25) is 11.8 Å². The van der Waals surface area contributed by atoms with E-state index in [-0.39, 0.29) is 26.9 Å². The number of thiazole rings is 1. The second-order valence-corrected chi connectivity index (χ2v) is 10.2. The third-order valence-corrected chi connectivity index (χ3v) is 6.67. The number of alkyl halides is 6. The van der Waals surface area contributed by atoms with Gasteiger partial charge in [0, 0.05) is 13.1 Å². The zero-order valence-electron chi connectivity index (χ0n) is 21.8. The maximum absolute atomic E-state index is 13.8. The summed E-state index contributed by atoms with van der Waals surface area (Å²) in [6, 6.07) is 11.6. The summed E-state index contributed by atoms with van der Waals surface area (Å²) in [4.78, 5) is 43.1. The van der Waals surface area contributed by atoms with E-state index in [1.54, 1.807) is 30.3 Å². The number of carbonyl (C=O) groups excluding carboxylic acids is 3. The van der Waals surface area contributed by atoms with Crippen LogP contribution in [0, 0.1) is 0 Å². The molecule has 3 rings (SSSR count). The maximum Gasteiger partial charge on any atom is 0.573 e. The van der Waals surface area contributed by atoms with Gasteiger partial charge in [0.15, 0.2) is 5.13 Å². The number of likely N-dealkylation sites (N-methyl/N-ethyl adjacent to an activating group) is 1. The number of hydrogen-bond acceptors (Lipinski definition) is 7. The van der Waals surface area contributed by atoms with Gasteiger partial charge in [-0.3, -0.25) is 14.5 Å². The molecule has 0 radical (unpaired) electrons. The van der Waals surface area contributed by atoms with Crippen molar-refractivity contribution in [3.8, 4) is 5.75 Å². The number of halogens is 6. The van der Waals surface area contributed by atoms with Crippen molar-refractivity contribution in [1.82, 2.24) is 14.8 Å². The lowest BCUT2D eigenvalue weighted by Gasteiger charge is -2.39. The molecular weight excluding hydrogens is 582 g/mol. The summed E-state index contributed by atoms with van der Waals surface area (Å²) in [5.74, 6) is -2.27. The number of hydrogen-bond donors (Lipinski definition) is 1. The first kappa shape index (κ1) is 31.4. The molecule has 1 heterocycles. The number of benzene rings is 2. The molecule has 0 bridgehead atoms. The van der Waals surface area contributed by atoms with Crippen molar-refractivity contribution in [3.05, 3.63) is 54.1 Å². The number of nitrogens with zero attached hydrogens (tertiary/aromatic N) is 3. The topological polar surface area (TPSA) is 101 Å². The summed E-state index contributed by atoms with van der Waals surface area (Å²) in [6.07, 6.45) is -11.2. The fraction of sp³-hybridized carbons (Fsp3) is 0.360. The molecule has 16 heteroatoms. The van der Waals surface area contributed by atoms with Gasteiger partial charge in [-0.1, -0.05) is 41.7 Å². The van der Waals surface area contributed by atoms with Crippen LogP contribution in [0.2, 0.25) is 0 Å². The average molecular weight is 607 g/mol. The van der Waals surface area contributed by atoms with Crippen LogP contribution < -0.4 is 10.1 Å². The largest absolute Gasteiger partial charge is 0.573 e. The van der Waals surface area contributed by atoms with Gasteiger partial charge in [-0.05, 0) is 31.5 Å². The zero-order valence-corrected chi connectivity index (χ0v) is 22.6. The molecule has 0 saturated heterocycles. The van der Waals surface area contributed by atoms with Crippen molar-refractivity contribution < 1.29 is 50.2 Å². The van der Waals surface area contributed by atoms with Gasteiger partial charge in [-0.2, -0.15) is 13.2 Å². The third-order valence-electron chi connectivity index (χ3n) is 5.73. The van der Waals surface area contributed by atoms with E-state index in [2.05, 4.69) is 15.0 Å². The molecule has 1 N–H and O–H groups in total. The minimum absolute atomic E-state index is 0.000622. The Morgan fingerprint density at radius 2 is 1.63 bits per heavy atom. The molecule has 9 nitrogen and oxygen atoms in total. The number of carbonyl (C=O) groups is 3. The van der Waals surface area contributed by atoms with Crippen LogP contribution in [-0.2, 0) is 20.9 Å². The molecule has 0 saturated carbocycles. The highest BCUT2D eigenvalue weighted by Gasteiger charge is 2.54. The second-order valence-electron chi connectivity index (χ2n) is 9.18. The van der Waals surface area contributed by atoms with E-state index in [1.165, 1.54) is 6.07 Å². The van der Waals surface area contributed by atoms with Crippen LogP contribution in [0.25, 0.3) is 10.2 Å². The summed E-state index contributed by atoms with van der Waals surface area (Å²) in [6.45, 7) is -0.573. The summed E-state index contributed by atoms with van der Waals surface area (Å²) < 4.78 is 87.9. The van der Waals surface area contributed by atoms with Gasteiger partial charge in [0.05, 0.1) is 16.8 Å². The van der Waals surface area contributed by atoms with Gasteiger partial charge in [-0.15, -0.1) is 13.2 Å². The average Bonchev–Trinajstić information content (AvgIpc) is 3.25. The monoisotopic (exact) mass is 606 g/mol. The molecule has 0 aliphatic rings. The second kappa shape index (κ2) is 12.2. The molecule has 41 heavy (non-hydrogen) atoms. The zero-order chi connectivity index (χ0) is 30.6. The van der Waals surface area contributed by atoms with Crippen LogP contribution >= 0.6 is 11.3 Å². The Morgan fingerprint density at radius 3 is 2.24 bits per heavy atom. The fourth-order valence-electron chi connectivity index (χ4n) is 3.31. The Bertz CT molecular complexity index is 1390.